The second kappa shape index (κ2) is 5.83. The summed E-state index contributed by atoms with van der Waals surface area (Å²) >= 11 is 7.70. The van der Waals surface area contributed by atoms with Crippen molar-refractivity contribution < 1.29 is 9.47 Å². The molecule has 1 aromatic carbocycles. The van der Waals surface area contributed by atoms with E-state index in [2.05, 4.69) is 15.2 Å². The Balaban J connectivity index is 1.93. The van der Waals surface area contributed by atoms with Crippen LogP contribution in [0.4, 0.5) is 0 Å². The largest absolute Gasteiger partial charge is 0.493 e. The number of ether oxygens (including phenoxy) is 2. The molecule has 21 heavy (non-hydrogen) atoms. The molecule has 3 rings (SSSR count). The second-order valence-corrected chi connectivity index (χ2v) is 5.83. The average Bonchev–Trinajstić information content (AvgIpc) is 2.90. The predicted octanol–water partition coefficient (Wildman–Crippen LogP) is 3.64. The monoisotopic (exact) mass is 321 g/mol. The van der Waals surface area contributed by atoms with Gasteiger partial charge in [0.1, 0.15) is 6.61 Å². The minimum Gasteiger partial charge on any atom is -0.493 e. The van der Waals surface area contributed by atoms with E-state index in [1.807, 2.05) is 12.3 Å². The average molecular weight is 322 g/mol. The molecule has 0 unspecified atom stereocenters. The zero-order valence-electron chi connectivity index (χ0n) is 11.5. The third-order valence-electron chi connectivity index (χ3n) is 2.92. The highest BCUT2D eigenvalue weighted by Crippen LogP contribution is 2.34. The molecular weight excluding hydrogens is 310 g/mol. The number of benzene rings is 1. The highest BCUT2D eigenvalue weighted by Gasteiger charge is 2.11. The number of fused-ring (bicyclic) bond motifs is 1. The van der Waals surface area contributed by atoms with Gasteiger partial charge in [-0.25, -0.2) is 4.98 Å². The zero-order valence-corrected chi connectivity index (χ0v) is 13.0. The van der Waals surface area contributed by atoms with Gasteiger partial charge in [0.05, 0.1) is 34.5 Å². The summed E-state index contributed by atoms with van der Waals surface area (Å²) in [6, 6.07) is 3.57. The number of halogens is 1. The molecule has 0 radical (unpaired) electrons. The minimum absolute atomic E-state index is 0.375. The van der Waals surface area contributed by atoms with E-state index in [9.17, 15) is 0 Å². The predicted molar refractivity (Wildman–Crippen MR) is 82.3 cm³/mol. The van der Waals surface area contributed by atoms with Gasteiger partial charge in [-0.2, -0.15) is 10.2 Å². The number of rotatable bonds is 4. The van der Waals surface area contributed by atoms with Gasteiger partial charge in [-0.05, 0) is 13.0 Å². The molecule has 0 fully saturated rings. The van der Waals surface area contributed by atoms with Crippen LogP contribution in [0.2, 0.25) is 5.02 Å². The Morgan fingerprint density at radius 2 is 2.14 bits per heavy atom. The molecule has 0 aliphatic heterocycles. The summed E-state index contributed by atoms with van der Waals surface area (Å²) in [6.07, 6.45) is 1.50. The normalized spacial score (nSPS) is 10.8. The van der Waals surface area contributed by atoms with Crippen LogP contribution in [-0.2, 0) is 6.61 Å². The van der Waals surface area contributed by atoms with Crippen LogP contribution >= 0.6 is 22.9 Å². The summed E-state index contributed by atoms with van der Waals surface area (Å²) in [4.78, 5) is 4.36. The van der Waals surface area contributed by atoms with Crippen molar-refractivity contribution in [3.63, 3.8) is 0 Å². The number of nitrogens with zero attached hydrogens (tertiary/aromatic N) is 3. The van der Waals surface area contributed by atoms with Crippen molar-refractivity contribution in [1.82, 2.24) is 15.2 Å². The van der Waals surface area contributed by atoms with Gasteiger partial charge in [0, 0.05) is 16.8 Å². The van der Waals surface area contributed by atoms with Crippen LogP contribution in [0.25, 0.3) is 10.9 Å². The van der Waals surface area contributed by atoms with Crippen LogP contribution in [-0.4, -0.2) is 22.3 Å². The van der Waals surface area contributed by atoms with Crippen molar-refractivity contribution in [3.05, 3.63) is 39.4 Å². The standard InChI is InChI=1S/C14H12ClN3O2S/c1-8-17-9(7-21-8)6-20-14-4-12-10(3-13(14)19-2)11(15)5-16-18-12/h3-5,7H,6H2,1-2H3. The molecule has 0 N–H and O–H groups in total. The minimum atomic E-state index is 0.375. The van der Waals surface area contributed by atoms with Gasteiger partial charge >= 0.3 is 0 Å². The summed E-state index contributed by atoms with van der Waals surface area (Å²) in [5.74, 6) is 1.19. The van der Waals surface area contributed by atoms with Crippen molar-refractivity contribution in [1.29, 1.82) is 0 Å². The van der Waals surface area contributed by atoms with E-state index in [4.69, 9.17) is 21.1 Å². The zero-order chi connectivity index (χ0) is 14.8. The maximum absolute atomic E-state index is 6.11. The van der Waals surface area contributed by atoms with E-state index >= 15 is 0 Å². The van der Waals surface area contributed by atoms with Gasteiger partial charge in [0.15, 0.2) is 11.5 Å². The molecule has 0 amide bonds. The molecule has 0 saturated carbocycles. The fraction of sp³-hybridized carbons (Fsp3) is 0.214. The number of methoxy groups -OCH3 is 1. The van der Waals surface area contributed by atoms with Crippen molar-refractivity contribution in [3.8, 4) is 11.5 Å². The number of aryl methyl sites for hydroxylation is 1. The lowest BCUT2D eigenvalue weighted by Gasteiger charge is -2.11. The number of aromatic nitrogens is 3. The quantitative estimate of drug-likeness (QED) is 0.734. The van der Waals surface area contributed by atoms with E-state index in [0.29, 0.717) is 28.6 Å². The molecule has 0 spiro atoms. The van der Waals surface area contributed by atoms with Crippen LogP contribution in [0.3, 0.4) is 0 Å². The Morgan fingerprint density at radius 1 is 1.29 bits per heavy atom. The molecule has 108 valence electrons. The smallest absolute Gasteiger partial charge is 0.164 e. The highest BCUT2D eigenvalue weighted by atomic mass is 35.5. The van der Waals surface area contributed by atoms with Gasteiger partial charge in [-0.1, -0.05) is 11.6 Å². The number of hydrogen-bond donors (Lipinski definition) is 0. The molecule has 2 heterocycles. The first-order valence-electron chi connectivity index (χ1n) is 6.20. The number of thiazole rings is 1. The van der Waals surface area contributed by atoms with Gasteiger partial charge < -0.3 is 9.47 Å². The molecular formula is C14H12ClN3O2S. The lowest BCUT2D eigenvalue weighted by molar-refractivity contribution is 0.281. The van der Waals surface area contributed by atoms with Crippen LogP contribution in [0, 0.1) is 6.92 Å². The first-order chi connectivity index (χ1) is 10.2. The molecule has 2 aromatic heterocycles. The summed E-state index contributed by atoms with van der Waals surface area (Å²) in [7, 11) is 1.59. The van der Waals surface area contributed by atoms with Crippen LogP contribution < -0.4 is 9.47 Å². The van der Waals surface area contributed by atoms with E-state index in [-0.39, 0.29) is 0 Å². The highest BCUT2D eigenvalue weighted by molar-refractivity contribution is 7.09. The molecule has 7 heteroatoms. The number of hydrogen-bond acceptors (Lipinski definition) is 6. The van der Waals surface area contributed by atoms with E-state index in [0.717, 1.165) is 16.1 Å². The van der Waals surface area contributed by atoms with Crippen LogP contribution in [0.15, 0.2) is 23.7 Å². The molecule has 5 nitrogen and oxygen atoms in total. The Bertz CT molecular complexity index is 791. The van der Waals surface area contributed by atoms with Crippen LogP contribution in [0.5, 0.6) is 11.5 Å². The van der Waals surface area contributed by atoms with Crippen molar-refractivity contribution in [2.75, 3.05) is 7.11 Å². The molecule has 0 bridgehead atoms. The van der Waals surface area contributed by atoms with Gasteiger partial charge in [-0.15, -0.1) is 11.3 Å². The molecule has 3 aromatic rings. The first kappa shape index (κ1) is 14.0. The lowest BCUT2D eigenvalue weighted by Crippen LogP contribution is -1.99. The van der Waals surface area contributed by atoms with Crippen molar-refractivity contribution in [2.24, 2.45) is 0 Å². The van der Waals surface area contributed by atoms with Crippen LogP contribution in [0.1, 0.15) is 10.7 Å². The maximum atomic E-state index is 6.11. The van der Waals surface area contributed by atoms with Crippen molar-refractivity contribution >= 4 is 33.8 Å². The van der Waals surface area contributed by atoms with E-state index in [1.165, 1.54) is 6.20 Å². The second-order valence-electron chi connectivity index (χ2n) is 4.36. The summed E-state index contributed by atoms with van der Waals surface area (Å²) in [5, 5.41) is 12.2. The molecule has 0 aliphatic rings. The third kappa shape index (κ3) is 2.91. The van der Waals surface area contributed by atoms with E-state index in [1.54, 1.807) is 30.6 Å². The lowest BCUT2D eigenvalue weighted by atomic mass is 10.2. The molecule has 0 atom stereocenters. The summed E-state index contributed by atoms with van der Waals surface area (Å²) in [5.41, 5.74) is 1.55. The van der Waals surface area contributed by atoms with Gasteiger partial charge in [0.25, 0.3) is 0 Å². The fourth-order valence-corrected chi connectivity index (χ4v) is 2.73. The summed E-state index contributed by atoms with van der Waals surface area (Å²) in [6.45, 7) is 2.34. The Hall–Kier alpha value is -1.92. The summed E-state index contributed by atoms with van der Waals surface area (Å²) < 4.78 is 11.1. The van der Waals surface area contributed by atoms with Crippen molar-refractivity contribution in [2.45, 2.75) is 13.5 Å². The molecule has 0 saturated heterocycles. The maximum Gasteiger partial charge on any atom is 0.164 e. The Morgan fingerprint density at radius 3 is 2.86 bits per heavy atom. The SMILES string of the molecule is COc1cc2c(Cl)cnnc2cc1OCc1csc(C)n1. The molecule has 0 aliphatic carbocycles. The van der Waals surface area contributed by atoms with Gasteiger partial charge in [-0.3, -0.25) is 0 Å². The van der Waals surface area contributed by atoms with E-state index < -0.39 is 0 Å². The Labute approximate surface area is 130 Å². The first-order valence-corrected chi connectivity index (χ1v) is 7.46. The Kier molecular flexibility index (Phi) is 3.90. The topological polar surface area (TPSA) is 57.1 Å². The fourth-order valence-electron chi connectivity index (χ4n) is 1.93. The van der Waals surface area contributed by atoms with Gasteiger partial charge in [0.2, 0.25) is 0 Å². The third-order valence-corrected chi connectivity index (χ3v) is 4.04.